The van der Waals surface area contributed by atoms with Crippen molar-refractivity contribution in [1.29, 1.82) is 0 Å². The summed E-state index contributed by atoms with van der Waals surface area (Å²) in [7, 11) is 0. The van der Waals surface area contributed by atoms with E-state index >= 15 is 0 Å². The highest BCUT2D eigenvalue weighted by molar-refractivity contribution is 6.35. The van der Waals surface area contributed by atoms with Crippen molar-refractivity contribution in [2.24, 2.45) is 11.8 Å². The SMILES string of the molecule is O=C(CCN1C(=O)C2CCCCC2C1=O)Nc1cc(Cl)cc(Cl)c1. The molecule has 2 atom stereocenters. The highest BCUT2D eigenvalue weighted by Gasteiger charge is 2.47. The number of amides is 3. The van der Waals surface area contributed by atoms with Crippen molar-refractivity contribution in [2.45, 2.75) is 32.1 Å². The molecule has 0 bridgehead atoms. The molecule has 0 spiro atoms. The molecule has 1 aliphatic heterocycles. The molecule has 128 valence electrons. The van der Waals surface area contributed by atoms with Crippen LogP contribution in [0.4, 0.5) is 5.69 Å². The Morgan fingerprint density at radius 2 is 1.58 bits per heavy atom. The number of nitrogens with one attached hydrogen (secondary N) is 1. The van der Waals surface area contributed by atoms with Gasteiger partial charge < -0.3 is 5.32 Å². The number of carbonyl (C=O) groups excluding carboxylic acids is 3. The average Bonchev–Trinajstić information content (AvgIpc) is 2.76. The average molecular weight is 369 g/mol. The van der Waals surface area contributed by atoms with Crippen molar-refractivity contribution in [2.75, 3.05) is 11.9 Å². The van der Waals surface area contributed by atoms with Gasteiger partial charge in [-0.15, -0.1) is 0 Å². The van der Waals surface area contributed by atoms with Crippen LogP contribution in [0.5, 0.6) is 0 Å². The molecule has 7 heteroatoms. The normalized spacial score (nSPS) is 23.3. The number of carbonyl (C=O) groups is 3. The molecular weight excluding hydrogens is 351 g/mol. The Labute approximate surface area is 150 Å². The van der Waals surface area contributed by atoms with Crippen LogP contribution in [0.2, 0.25) is 10.0 Å². The van der Waals surface area contributed by atoms with Gasteiger partial charge in [-0.25, -0.2) is 0 Å². The molecule has 1 heterocycles. The smallest absolute Gasteiger partial charge is 0.233 e. The third-order valence-corrected chi connectivity index (χ3v) is 5.08. The largest absolute Gasteiger partial charge is 0.326 e. The van der Waals surface area contributed by atoms with Crippen molar-refractivity contribution >= 4 is 46.6 Å². The molecule has 0 radical (unpaired) electrons. The van der Waals surface area contributed by atoms with E-state index in [1.165, 1.54) is 4.90 Å². The summed E-state index contributed by atoms with van der Waals surface area (Å²) in [5.41, 5.74) is 0.491. The fourth-order valence-corrected chi connectivity index (χ4v) is 4.04. The van der Waals surface area contributed by atoms with Gasteiger partial charge in [0, 0.05) is 28.7 Å². The molecule has 24 heavy (non-hydrogen) atoms. The minimum atomic E-state index is -0.288. The number of hydrogen-bond acceptors (Lipinski definition) is 3. The first-order chi connectivity index (χ1) is 11.5. The van der Waals surface area contributed by atoms with E-state index in [0.717, 1.165) is 25.7 Å². The van der Waals surface area contributed by atoms with Crippen LogP contribution in [0, 0.1) is 11.8 Å². The third kappa shape index (κ3) is 3.57. The minimum absolute atomic E-state index is 0.0566. The zero-order valence-electron chi connectivity index (χ0n) is 13.1. The second kappa shape index (κ2) is 7.11. The van der Waals surface area contributed by atoms with Crippen LogP contribution in [0.25, 0.3) is 0 Å². The van der Waals surface area contributed by atoms with Gasteiger partial charge in [0.1, 0.15) is 0 Å². The van der Waals surface area contributed by atoms with Gasteiger partial charge in [0.2, 0.25) is 17.7 Å². The van der Waals surface area contributed by atoms with E-state index in [2.05, 4.69) is 5.32 Å². The predicted octanol–water partition coefficient (Wildman–Crippen LogP) is 3.50. The molecule has 3 rings (SSSR count). The van der Waals surface area contributed by atoms with E-state index in [1.54, 1.807) is 18.2 Å². The van der Waals surface area contributed by atoms with Crippen LogP contribution >= 0.6 is 23.2 Å². The summed E-state index contributed by atoms with van der Waals surface area (Å²) in [6.07, 6.45) is 3.59. The van der Waals surface area contributed by atoms with E-state index in [4.69, 9.17) is 23.2 Å². The topological polar surface area (TPSA) is 66.5 Å². The molecule has 5 nitrogen and oxygen atoms in total. The zero-order chi connectivity index (χ0) is 17.3. The summed E-state index contributed by atoms with van der Waals surface area (Å²) in [4.78, 5) is 38.0. The fourth-order valence-electron chi connectivity index (χ4n) is 3.51. The Balaban J connectivity index is 1.58. The quantitative estimate of drug-likeness (QED) is 0.827. The Hall–Kier alpha value is -1.59. The summed E-state index contributed by atoms with van der Waals surface area (Å²) in [6.45, 7) is 0.116. The standard InChI is InChI=1S/C17H18Cl2N2O3/c18-10-7-11(19)9-12(8-10)20-15(22)5-6-21-16(23)13-3-1-2-4-14(13)17(21)24/h7-9,13-14H,1-6H2,(H,20,22). The Kier molecular flexibility index (Phi) is 5.11. The van der Waals surface area contributed by atoms with Gasteiger partial charge in [-0.3, -0.25) is 19.3 Å². The molecule has 0 aromatic heterocycles. The first-order valence-electron chi connectivity index (χ1n) is 8.07. The maximum Gasteiger partial charge on any atom is 0.233 e. The lowest BCUT2D eigenvalue weighted by atomic mass is 9.81. The Morgan fingerprint density at radius 3 is 2.12 bits per heavy atom. The zero-order valence-corrected chi connectivity index (χ0v) is 14.6. The first-order valence-corrected chi connectivity index (χ1v) is 8.82. The summed E-state index contributed by atoms with van der Waals surface area (Å²) in [5, 5.41) is 3.53. The predicted molar refractivity (Wildman–Crippen MR) is 91.9 cm³/mol. The van der Waals surface area contributed by atoms with Crippen molar-refractivity contribution in [3.8, 4) is 0 Å². The van der Waals surface area contributed by atoms with Crippen LogP contribution in [-0.2, 0) is 14.4 Å². The van der Waals surface area contributed by atoms with E-state index in [-0.39, 0.29) is 42.5 Å². The van der Waals surface area contributed by atoms with E-state index in [1.807, 2.05) is 0 Å². The van der Waals surface area contributed by atoms with Gasteiger partial charge in [-0.1, -0.05) is 36.0 Å². The van der Waals surface area contributed by atoms with Gasteiger partial charge >= 0.3 is 0 Å². The maximum absolute atomic E-state index is 12.3. The molecule has 1 aromatic rings. The lowest BCUT2D eigenvalue weighted by molar-refractivity contribution is -0.140. The summed E-state index contributed by atoms with van der Waals surface area (Å²) in [6, 6.07) is 4.75. The first kappa shape index (κ1) is 17.2. The monoisotopic (exact) mass is 368 g/mol. The van der Waals surface area contributed by atoms with Crippen LogP contribution in [0.1, 0.15) is 32.1 Å². The Bertz CT molecular complexity index is 648. The minimum Gasteiger partial charge on any atom is -0.326 e. The number of rotatable bonds is 4. The van der Waals surface area contributed by atoms with Crippen LogP contribution in [-0.4, -0.2) is 29.2 Å². The van der Waals surface area contributed by atoms with Gasteiger partial charge in [-0.2, -0.15) is 0 Å². The second-order valence-electron chi connectivity index (χ2n) is 6.28. The number of imide groups is 1. The fraction of sp³-hybridized carbons (Fsp3) is 0.471. The molecule has 2 fully saturated rings. The number of halogens is 2. The molecule has 1 aromatic carbocycles. The third-order valence-electron chi connectivity index (χ3n) is 4.64. The molecule has 1 aliphatic carbocycles. The van der Waals surface area contributed by atoms with Crippen LogP contribution in [0.15, 0.2) is 18.2 Å². The number of anilines is 1. The van der Waals surface area contributed by atoms with Crippen molar-refractivity contribution in [1.82, 2.24) is 4.90 Å². The summed E-state index contributed by atoms with van der Waals surface area (Å²) in [5.74, 6) is -0.891. The molecule has 1 saturated carbocycles. The number of nitrogens with zero attached hydrogens (tertiary/aromatic N) is 1. The van der Waals surface area contributed by atoms with Gasteiger partial charge in [0.25, 0.3) is 0 Å². The van der Waals surface area contributed by atoms with Gasteiger partial charge in [0.15, 0.2) is 0 Å². The second-order valence-corrected chi connectivity index (χ2v) is 7.15. The molecule has 1 N–H and O–H groups in total. The molecular formula is C17H18Cl2N2O3. The number of likely N-dealkylation sites (tertiary alicyclic amines) is 1. The van der Waals surface area contributed by atoms with E-state index in [0.29, 0.717) is 15.7 Å². The highest BCUT2D eigenvalue weighted by atomic mass is 35.5. The van der Waals surface area contributed by atoms with Gasteiger partial charge in [0.05, 0.1) is 11.8 Å². The number of benzene rings is 1. The van der Waals surface area contributed by atoms with Crippen molar-refractivity contribution in [3.05, 3.63) is 28.2 Å². The number of fused-ring (bicyclic) bond motifs is 1. The van der Waals surface area contributed by atoms with Crippen molar-refractivity contribution in [3.63, 3.8) is 0 Å². The Morgan fingerprint density at radius 1 is 1.04 bits per heavy atom. The summed E-state index contributed by atoms with van der Waals surface area (Å²) < 4.78 is 0. The van der Waals surface area contributed by atoms with Crippen LogP contribution < -0.4 is 5.32 Å². The molecule has 2 aliphatic rings. The lowest BCUT2D eigenvalue weighted by Gasteiger charge is -2.19. The van der Waals surface area contributed by atoms with Crippen molar-refractivity contribution < 1.29 is 14.4 Å². The summed E-state index contributed by atoms with van der Waals surface area (Å²) >= 11 is 11.8. The highest BCUT2D eigenvalue weighted by Crippen LogP contribution is 2.38. The van der Waals surface area contributed by atoms with E-state index in [9.17, 15) is 14.4 Å². The maximum atomic E-state index is 12.3. The number of hydrogen-bond donors (Lipinski definition) is 1. The van der Waals surface area contributed by atoms with E-state index < -0.39 is 0 Å². The molecule has 1 saturated heterocycles. The van der Waals surface area contributed by atoms with Gasteiger partial charge in [-0.05, 0) is 31.0 Å². The molecule has 2 unspecified atom stereocenters. The molecule has 3 amide bonds. The lowest BCUT2D eigenvalue weighted by Crippen LogP contribution is -2.34. The van der Waals surface area contributed by atoms with Crippen LogP contribution in [0.3, 0.4) is 0 Å².